The number of nitrogens with one attached hydrogen (secondary N) is 1. The zero-order chi connectivity index (χ0) is 9.90. The lowest BCUT2D eigenvalue weighted by molar-refractivity contribution is -0.130. The van der Waals surface area contributed by atoms with Crippen LogP contribution in [0.2, 0.25) is 0 Å². The SMILES string of the molecule is CC1(C(=O)NCCO)COCC1N. The molecule has 1 fully saturated rings. The van der Waals surface area contributed by atoms with Crippen LogP contribution < -0.4 is 11.1 Å². The molecule has 0 aliphatic carbocycles. The number of ether oxygens (including phenoxy) is 1. The highest BCUT2D eigenvalue weighted by Crippen LogP contribution is 2.26. The van der Waals surface area contributed by atoms with E-state index < -0.39 is 5.41 Å². The first-order valence-electron chi connectivity index (χ1n) is 4.34. The average molecular weight is 188 g/mol. The number of carbonyl (C=O) groups is 1. The monoisotopic (exact) mass is 188 g/mol. The van der Waals surface area contributed by atoms with Gasteiger partial charge in [0.2, 0.25) is 5.91 Å². The van der Waals surface area contributed by atoms with Gasteiger partial charge in [0.1, 0.15) is 0 Å². The van der Waals surface area contributed by atoms with Gasteiger partial charge in [-0.1, -0.05) is 0 Å². The molecule has 0 saturated carbocycles. The van der Waals surface area contributed by atoms with E-state index in [2.05, 4.69) is 5.32 Å². The van der Waals surface area contributed by atoms with Gasteiger partial charge in [-0.2, -0.15) is 0 Å². The van der Waals surface area contributed by atoms with E-state index in [1.165, 1.54) is 0 Å². The summed E-state index contributed by atoms with van der Waals surface area (Å²) in [6.45, 7) is 2.75. The maximum atomic E-state index is 11.6. The zero-order valence-electron chi connectivity index (χ0n) is 7.75. The maximum Gasteiger partial charge on any atom is 0.230 e. The van der Waals surface area contributed by atoms with E-state index in [1.54, 1.807) is 6.92 Å². The summed E-state index contributed by atoms with van der Waals surface area (Å²) in [5.74, 6) is -0.147. The summed E-state index contributed by atoms with van der Waals surface area (Å²) in [5.41, 5.74) is 5.09. The first-order valence-corrected chi connectivity index (χ1v) is 4.34. The second-order valence-electron chi connectivity index (χ2n) is 3.52. The number of rotatable bonds is 3. The molecule has 2 unspecified atom stereocenters. The van der Waals surface area contributed by atoms with Crippen LogP contribution in [0.15, 0.2) is 0 Å². The fourth-order valence-corrected chi connectivity index (χ4v) is 1.29. The predicted octanol–water partition coefficient (Wildman–Crippen LogP) is -1.54. The lowest BCUT2D eigenvalue weighted by atomic mass is 9.85. The van der Waals surface area contributed by atoms with Crippen LogP contribution in [0.4, 0.5) is 0 Å². The fraction of sp³-hybridized carbons (Fsp3) is 0.875. The van der Waals surface area contributed by atoms with Crippen LogP contribution in [-0.2, 0) is 9.53 Å². The molecule has 0 spiro atoms. The van der Waals surface area contributed by atoms with Gasteiger partial charge in [0, 0.05) is 12.6 Å². The minimum Gasteiger partial charge on any atom is -0.395 e. The Bertz CT molecular complexity index is 198. The Morgan fingerprint density at radius 3 is 3.00 bits per heavy atom. The summed E-state index contributed by atoms with van der Waals surface area (Å²) in [4.78, 5) is 11.6. The van der Waals surface area contributed by atoms with Crippen molar-refractivity contribution in [2.75, 3.05) is 26.4 Å². The first-order chi connectivity index (χ1) is 6.11. The zero-order valence-corrected chi connectivity index (χ0v) is 7.75. The van der Waals surface area contributed by atoms with Crippen LogP contribution in [0.1, 0.15) is 6.92 Å². The second-order valence-corrected chi connectivity index (χ2v) is 3.52. The molecule has 76 valence electrons. The fourth-order valence-electron chi connectivity index (χ4n) is 1.29. The Kier molecular flexibility index (Phi) is 3.24. The molecule has 1 rings (SSSR count). The molecule has 0 aromatic rings. The number of carbonyl (C=O) groups excluding carboxylic acids is 1. The van der Waals surface area contributed by atoms with Crippen molar-refractivity contribution in [1.82, 2.24) is 5.32 Å². The van der Waals surface area contributed by atoms with Crippen LogP contribution in [-0.4, -0.2) is 43.4 Å². The molecular formula is C8H16N2O3. The van der Waals surface area contributed by atoms with Crippen molar-refractivity contribution in [3.63, 3.8) is 0 Å². The van der Waals surface area contributed by atoms with Crippen molar-refractivity contribution in [2.24, 2.45) is 11.1 Å². The highest BCUT2D eigenvalue weighted by atomic mass is 16.5. The van der Waals surface area contributed by atoms with Gasteiger partial charge in [-0.05, 0) is 6.92 Å². The van der Waals surface area contributed by atoms with Crippen molar-refractivity contribution in [3.8, 4) is 0 Å². The summed E-state index contributed by atoms with van der Waals surface area (Å²) >= 11 is 0. The topological polar surface area (TPSA) is 84.6 Å². The van der Waals surface area contributed by atoms with Gasteiger partial charge in [-0.15, -0.1) is 0 Å². The molecule has 1 aliphatic rings. The smallest absolute Gasteiger partial charge is 0.230 e. The number of hydrogen-bond acceptors (Lipinski definition) is 4. The molecule has 0 aromatic heterocycles. The van der Waals surface area contributed by atoms with Gasteiger partial charge in [-0.25, -0.2) is 0 Å². The summed E-state index contributed by atoms with van der Waals surface area (Å²) in [7, 11) is 0. The van der Waals surface area contributed by atoms with E-state index in [-0.39, 0.29) is 25.1 Å². The Labute approximate surface area is 77.2 Å². The van der Waals surface area contributed by atoms with E-state index in [0.29, 0.717) is 13.2 Å². The largest absolute Gasteiger partial charge is 0.395 e. The molecule has 0 radical (unpaired) electrons. The Balaban J connectivity index is 2.53. The van der Waals surface area contributed by atoms with Crippen LogP contribution in [0.25, 0.3) is 0 Å². The summed E-state index contributed by atoms with van der Waals surface area (Å²) in [6.07, 6.45) is 0. The van der Waals surface area contributed by atoms with E-state index in [0.717, 1.165) is 0 Å². The predicted molar refractivity (Wildman–Crippen MR) is 47.0 cm³/mol. The molecule has 1 aliphatic heterocycles. The third kappa shape index (κ3) is 1.99. The lowest BCUT2D eigenvalue weighted by Gasteiger charge is -2.25. The third-order valence-electron chi connectivity index (χ3n) is 2.43. The van der Waals surface area contributed by atoms with E-state index in [9.17, 15) is 4.79 Å². The summed E-state index contributed by atoms with van der Waals surface area (Å²) in [5, 5.41) is 11.1. The number of amides is 1. The van der Waals surface area contributed by atoms with Crippen molar-refractivity contribution < 1.29 is 14.6 Å². The number of hydrogen-bond donors (Lipinski definition) is 3. The van der Waals surface area contributed by atoms with Crippen molar-refractivity contribution in [3.05, 3.63) is 0 Å². The molecule has 2 atom stereocenters. The van der Waals surface area contributed by atoms with Crippen LogP contribution in [0.3, 0.4) is 0 Å². The molecule has 13 heavy (non-hydrogen) atoms. The number of aliphatic hydroxyl groups is 1. The van der Waals surface area contributed by atoms with Crippen molar-refractivity contribution in [1.29, 1.82) is 0 Å². The van der Waals surface area contributed by atoms with Gasteiger partial charge >= 0.3 is 0 Å². The van der Waals surface area contributed by atoms with Gasteiger partial charge in [0.25, 0.3) is 0 Å². The Morgan fingerprint density at radius 2 is 2.54 bits per heavy atom. The van der Waals surface area contributed by atoms with Gasteiger partial charge in [0.15, 0.2) is 0 Å². The molecule has 1 heterocycles. The Morgan fingerprint density at radius 1 is 1.85 bits per heavy atom. The average Bonchev–Trinajstić information content (AvgIpc) is 2.44. The lowest BCUT2D eigenvalue weighted by Crippen LogP contribution is -2.50. The molecule has 0 bridgehead atoms. The maximum absolute atomic E-state index is 11.6. The van der Waals surface area contributed by atoms with Gasteiger partial charge in [0.05, 0.1) is 25.2 Å². The van der Waals surface area contributed by atoms with Gasteiger partial charge in [-0.3, -0.25) is 4.79 Å². The second kappa shape index (κ2) is 4.04. The normalized spacial score (nSPS) is 33.3. The molecule has 1 saturated heterocycles. The van der Waals surface area contributed by atoms with Crippen LogP contribution in [0, 0.1) is 5.41 Å². The van der Waals surface area contributed by atoms with Crippen molar-refractivity contribution >= 4 is 5.91 Å². The third-order valence-corrected chi connectivity index (χ3v) is 2.43. The van der Waals surface area contributed by atoms with Crippen LogP contribution >= 0.6 is 0 Å². The minimum absolute atomic E-state index is 0.0576. The Hall–Kier alpha value is -0.650. The molecule has 4 N–H and O–H groups in total. The number of nitrogens with two attached hydrogens (primary N) is 1. The quantitative estimate of drug-likeness (QED) is 0.501. The van der Waals surface area contributed by atoms with E-state index >= 15 is 0 Å². The van der Waals surface area contributed by atoms with E-state index in [1.807, 2.05) is 0 Å². The van der Waals surface area contributed by atoms with Gasteiger partial charge < -0.3 is 20.9 Å². The molecule has 1 amide bonds. The summed E-state index contributed by atoms with van der Waals surface area (Å²) < 4.78 is 5.13. The van der Waals surface area contributed by atoms with Crippen LogP contribution in [0.5, 0.6) is 0 Å². The number of aliphatic hydroxyl groups excluding tert-OH is 1. The molecule has 0 aromatic carbocycles. The van der Waals surface area contributed by atoms with E-state index in [4.69, 9.17) is 15.6 Å². The molecular weight excluding hydrogens is 172 g/mol. The van der Waals surface area contributed by atoms with Crippen molar-refractivity contribution in [2.45, 2.75) is 13.0 Å². The molecule has 5 heteroatoms. The first kappa shape index (κ1) is 10.4. The molecule has 5 nitrogen and oxygen atoms in total. The highest BCUT2D eigenvalue weighted by Gasteiger charge is 2.43. The summed E-state index contributed by atoms with van der Waals surface area (Å²) in [6, 6.07) is -0.258. The minimum atomic E-state index is -0.644. The highest BCUT2D eigenvalue weighted by molar-refractivity contribution is 5.83. The standard InChI is InChI=1S/C8H16N2O3/c1-8(5-13-4-6(8)9)7(12)10-2-3-11/h6,11H,2-5,9H2,1H3,(H,10,12).